The molecule has 19 heavy (non-hydrogen) atoms. The number of hydrogen-bond acceptors (Lipinski definition) is 2. The van der Waals surface area contributed by atoms with Gasteiger partial charge in [-0.15, -0.1) is 0 Å². The molecule has 0 N–H and O–H groups in total. The van der Waals surface area contributed by atoms with E-state index in [0.717, 1.165) is 11.3 Å². The summed E-state index contributed by atoms with van der Waals surface area (Å²) in [6, 6.07) is 13.8. The zero-order valence-corrected chi connectivity index (χ0v) is 11.7. The number of halogens is 2. The third-order valence-electron chi connectivity index (χ3n) is 2.60. The Morgan fingerprint density at radius 1 is 1.21 bits per heavy atom. The molecule has 0 fully saturated rings. The minimum atomic E-state index is -0.425. The van der Waals surface area contributed by atoms with Crippen molar-refractivity contribution >= 4 is 15.9 Å². The summed E-state index contributed by atoms with van der Waals surface area (Å²) in [5, 5.41) is 9.48. The third-order valence-corrected chi connectivity index (χ3v) is 3.20. The van der Waals surface area contributed by atoms with Gasteiger partial charge < -0.3 is 4.74 Å². The molecule has 0 aliphatic heterocycles. The van der Waals surface area contributed by atoms with E-state index in [9.17, 15) is 4.39 Å². The van der Waals surface area contributed by atoms with E-state index in [4.69, 9.17) is 10.00 Å². The molecular formula is C15H11BrFNO. The minimum Gasteiger partial charge on any atom is -0.489 e. The predicted octanol–water partition coefficient (Wildman–Crippen LogP) is 4.17. The number of benzene rings is 2. The lowest BCUT2D eigenvalue weighted by molar-refractivity contribution is 0.303. The summed E-state index contributed by atoms with van der Waals surface area (Å²) in [6.45, 7) is 0.233. The highest BCUT2D eigenvalue weighted by Crippen LogP contribution is 2.22. The molecule has 0 unspecified atom stereocenters. The van der Waals surface area contributed by atoms with E-state index >= 15 is 0 Å². The van der Waals surface area contributed by atoms with Gasteiger partial charge in [-0.1, -0.05) is 34.1 Å². The van der Waals surface area contributed by atoms with Gasteiger partial charge in [-0.2, -0.15) is 5.26 Å². The van der Waals surface area contributed by atoms with Gasteiger partial charge in [0.2, 0.25) is 0 Å². The Kier molecular flexibility index (Phi) is 4.53. The van der Waals surface area contributed by atoms with Gasteiger partial charge in [0.25, 0.3) is 0 Å². The van der Waals surface area contributed by atoms with Gasteiger partial charge in [-0.25, -0.2) is 4.39 Å². The lowest BCUT2D eigenvalue weighted by atomic mass is 10.1. The average molecular weight is 320 g/mol. The van der Waals surface area contributed by atoms with Crippen molar-refractivity contribution in [3.8, 4) is 11.8 Å². The van der Waals surface area contributed by atoms with Gasteiger partial charge in [-0.05, 0) is 29.8 Å². The molecule has 0 saturated heterocycles. The maximum absolute atomic E-state index is 13.3. The zero-order chi connectivity index (χ0) is 13.7. The second-order valence-electron chi connectivity index (χ2n) is 3.99. The number of nitriles is 1. The lowest BCUT2D eigenvalue weighted by Crippen LogP contribution is -1.99. The molecule has 2 nitrogen and oxygen atoms in total. The maximum Gasteiger partial charge on any atom is 0.124 e. The Hall–Kier alpha value is -1.86. The van der Waals surface area contributed by atoms with Crippen LogP contribution in [0.25, 0.3) is 0 Å². The van der Waals surface area contributed by atoms with Gasteiger partial charge in [0.15, 0.2) is 0 Å². The highest BCUT2D eigenvalue weighted by Gasteiger charge is 2.04. The Balaban J connectivity index is 2.15. The van der Waals surface area contributed by atoms with Crippen LogP contribution in [0.2, 0.25) is 0 Å². The van der Waals surface area contributed by atoms with Crippen LogP contribution in [-0.2, 0) is 11.9 Å². The van der Waals surface area contributed by atoms with Crippen molar-refractivity contribution in [1.29, 1.82) is 5.26 Å². The standard InChI is InChI=1S/C15H11BrFNO/c16-8-13-3-1-2-4-15(13)19-10-12-5-11(9-18)6-14(17)7-12/h1-7H,8,10H2. The van der Waals surface area contributed by atoms with Crippen LogP contribution in [0, 0.1) is 17.1 Å². The summed E-state index contributed by atoms with van der Waals surface area (Å²) in [7, 11) is 0. The fourth-order valence-corrected chi connectivity index (χ4v) is 2.18. The van der Waals surface area contributed by atoms with Gasteiger partial charge in [0.1, 0.15) is 18.2 Å². The normalized spacial score (nSPS) is 9.95. The van der Waals surface area contributed by atoms with E-state index in [-0.39, 0.29) is 6.61 Å². The van der Waals surface area contributed by atoms with Crippen LogP contribution in [0.15, 0.2) is 42.5 Å². The highest BCUT2D eigenvalue weighted by atomic mass is 79.9. The summed E-state index contributed by atoms with van der Waals surface area (Å²) < 4.78 is 18.9. The Labute approximate surface area is 119 Å². The quantitative estimate of drug-likeness (QED) is 0.792. The molecule has 2 rings (SSSR count). The molecular weight excluding hydrogens is 309 g/mol. The van der Waals surface area contributed by atoms with Crippen LogP contribution >= 0.6 is 15.9 Å². The summed E-state index contributed by atoms with van der Waals surface area (Å²) in [4.78, 5) is 0. The van der Waals surface area contributed by atoms with Crippen LogP contribution in [0.4, 0.5) is 4.39 Å². The van der Waals surface area contributed by atoms with E-state index in [1.54, 1.807) is 6.07 Å². The van der Waals surface area contributed by atoms with Gasteiger partial charge in [-0.3, -0.25) is 0 Å². The molecule has 0 bridgehead atoms. The van der Waals surface area contributed by atoms with E-state index in [2.05, 4.69) is 15.9 Å². The number of nitrogens with zero attached hydrogens (tertiary/aromatic N) is 1. The predicted molar refractivity (Wildman–Crippen MR) is 74.5 cm³/mol. The van der Waals surface area contributed by atoms with Crippen molar-refractivity contribution in [2.24, 2.45) is 0 Å². The molecule has 0 saturated carbocycles. The third kappa shape index (κ3) is 3.55. The number of ether oxygens (including phenoxy) is 1. The van der Waals surface area contributed by atoms with Crippen molar-refractivity contribution < 1.29 is 9.13 Å². The summed E-state index contributed by atoms with van der Waals surface area (Å²) in [6.07, 6.45) is 0. The Morgan fingerprint density at radius 2 is 2.00 bits per heavy atom. The monoisotopic (exact) mass is 319 g/mol. The maximum atomic E-state index is 13.3. The molecule has 4 heteroatoms. The molecule has 0 aromatic heterocycles. The Morgan fingerprint density at radius 3 is 2.74 bits per heavy atom. The van der Waals surface area contributed by atoms with Gasteiger partial charge in [0.05, 0.1) is 11.6 Å². The number of alkyl halides is 1. The molecule has 96 valence electrons. The van der Waals surface area contributed by atoms with Crippen LogP contribution in [0.3, 0.4) is 0 Å². The molecule has 0 aliphatic carbocycles. The minimum absolute atomic E-state index is 0.233. The molecule has 0 spiro atoms. The van der Waals surface area contributed by atoms with Crippen LogP contribution in [0.1, 0.15) is 16.7 Å². The largest absolute Gasteiger partial charge is 0.489 e. The topological polar surface area (TPSA) is 33.0 Å². The number of para-hydroxylation sites is 1. The molecule has 0 aliphatic rings. The second-order valence-corrected chi connectivity index (χ2v) is 4.55. The molecule has 2 aromatic carbocycles. The number of hydrogen-bond donors (Lipinski definition) is 0. The SMILES string of the molecule is N#Cc1cc(F)cc(COc2ccccc2CBr)c1. The molecule has 0 atom stereocenters. The van der Waals surface area contributed by atoms with Crippen molar-refractivity contribution in [1.82, 2.24) is 0 Å². The van der Waals surface area contributed by atoms with Crippen LogP contribution in [-0.4, -0.2) is 0 Å². The van der Waals surface area contributed by atoms with Crippen molar-refractivity contribution in [3.05, 3.63) is 65.0 Å². The molecule has 0 radical (unpaired) electrons. The molecule has 2 aromatic rings. The summed E-state index contributed by atoms with van der Waals surface area (Å²) >= 11 is 3.39. The van der Waals surface area contributed by atoms with Crippen molar-refractivity contribution in [2.45, 2.75) is 11.9 Å². The highest BCUT2D eigenvalue weighted by molar-refractivity contribution is 9.08. The van der Waals surface area contributed by atoms with Crippen LogP contribution < -0.4 is 4.74 Å². The first-order chi connectivity index (χ1) is 9.22. The smallest absolute Gasteiger partial charge is 0.124 e. The first-order valence-electron chi connectivity index (χ1n) is 5.69. The van der Waals surface area contributed by atoms with E-state index in [0.29, 0.717) is 16.5 Å². The fraction of sp³-hybridized carbons (Fsp3) is 0.133. The first kappa shape index (κ1) is 13.6. The van der Waals surface area contributed by atoms with Crippen LogP contribution in [0.5, 0.6) is 5.75 Å². The first-order valence-corrected chi connectivity index (χ1v) is 6.81. The van der Waals surface area contributed by atoms with E-state index in [1.165, 1.54) is 12.1 Å². The lowest BCUT2D eigenvalue weighted by Gasteiger charge is -2.10. The average Bonchev–Trinajstić information content (AvgIpc) is 2.44. The second kappa shape index (κ2) is 6.35. The van der Waals surface area contributed by atoms with Gasteiger partial charge >= 0.3 is 0 Å². The van der Waals surface area contributed by atoms with Crippen molar-refractivity contribution in [2.75, 3.05) is 0 Å². The summed E-state index contributed by atoms with van der Waals surface area (Å²) in [5.41, 5.74) is 1.97. The number of rotatable bonds is 4. The van der Waals surface area contributed by atoms with E-state index in [1.807, 2.05) is 30.3 Å². The summed E-state index contributed by atoms with van der Waals surface area (Å²) in [5.74, 6) is 0.327. The van der Waals surface area contributed by atoms with Gasteiger partial charge in [0, 0.05) is 10.9 Å². The van der Waals surface area contributed by atoms with E-state index < -0.39 is 5.82 Å². The molecule has 0 amide bonds. The Bertz CT molecular complexity index is 622. The zero-order valence-electron chi connectivity index (χ0n) is 10.1. The fourth-order valence-electron chi connectivity index (χ4n) is 1.71. The molecule has 0 heterocycles. The van der Waals surface area contributed by atoms with Crippen molar-refractivity contribution in [3.63, 3.8) is 0 Å².